The van der Waals surface area contributed by atoms with Crippen LogP contribution >= 0.6 is 11.8 Å². The Kier molecular flexibility index (Phi) is 5.69. The number of carbonyl (C=O) groups is 3. The SMILES string of the molecule is CCOC(=O)[C@@H](C)N1C(=O)S/C(=C\c2cc(C)n(-c3ccncc3)c2C)C1=O. The Labute approximate surface area is 167 Å². The Bertz CT molecular complexity index is 965. The summed E-state index contributed by atoms with van der Waals surface area (Å²) in [7, 11) is 0. The molecule has 0 aliphatic carbocycles. The highest BCUT2D eigenvalue weighted by molar-refractivity contribution is 8.18. The molecule has 8 heteroatoms. The van der Waals surface area contributed by atoms with E-state index in [1.54, 1.807) is 25.4 Å². The molecule has 1 saturated heterocycles. The van der Waals surface area contributed by atoms with Crippen molar-refractivity contribution in [3.05, 3.63) is 52.4 Å². The second-order valence-electron chi connectivity index (χ2n) is 6.35. The number of carbonyl (C=O) groups excluding carboxylic acids is 3. The Hall–Kier alpha value is -2.87. The summed E-state index contributed by atoms with van der Waals surface area (Å²) in [5.74, 6) is -1.08. The van der Waals surface area contributed by atoms with E-state index in [1.807, 2.05) is 32.0 Å². The molecule has 0 N–H and O–H groups in total. The van der Waals surface area contributed by atoms with Gasteiger partial charge in [0.2, 0.25) is 0 Å². The van der Waals surface area contributed by atoms with E-state index in [9.17, 15) is 14.4 Å². The van der Waals surface area contributed by atoms with Crippen LogP contribution in [-0.2, 0) is 14.3 Å². The molecule has 3 heterocycles. The summed E-state index contributed by atoms with van der Waals surface area (Å²) in [5.41, 5.74) is 3.74. The van der Waals surface area contributed by atoms with Crippen LogP contribution in [0.1, 0.15) is 30.8 Å². The minimum Gasteiger partial charge on any atom is -0.464 e. The molecule has 1 aliphatic heterocycles. The van der Waals surface area contributed by atoms with E-state index in [0.717, 1.165) is 39.3 Å². The van der Waals surface area contributed by atoms with Crippen LogP contribution in [0.5, 0.6) is 0 Å². The molecule has 7 nitrogen and oxygen atoms in total. The summed E-state index contributed by atoms with van der Waals surface area (Å²) < 4.78 is 6.99. The van der Waals surface area contributed by atoms with Gasteiger partial charge in [0.1, 0.15) is 6.04 Å². The highest BCUT2D eigenvalue weighted by atomic mass is 32.2. The third-order valence-electron chi connectivity index (χ3n) is 4.52. The van der Waals surface area contributed by atoms with Crippen molar-refractivity contribution < 1.29 is 19.1 Å². The first-order chi connectivity index (χ1) is 13.3. The van der Waals surface area contributed by atoms with Crippen molar-refractivity contribution in [1.29, 1.82) is 0 Å². The summed E-state index contributed by atoms with van der Waals surface area (Å²) in [6, 6.07) is 4.80. The fourth-order valence-corrected chi connectivity index (χ4v) is 4.05. The van der Waals surface area contributed by atoms with Crippen molar-refractivity contribution >= 4 is 35.0 Å². The number of pyridine rings is 1. The summed E-state index contributed by atoms with van der Waals surface area (Å²) in [5, 5.41) is -0.472. The van der Waals surface area contributed by atoms with E-state index >= 15 is 0 Å². The molecule has 0 bridgehead atoms. The lowest BCUT2D eigenvalue weighted by Gasteiger charge is -2.19. The maximum atomic E-state index is 12.7. The van der Waals surface area contributed by atoms with Gasteiger partial charge in [-0.3, -0.25) is 19.5 Å². The van der Waals surface area contributed by atoms with Crippen molar-refractivity contribution in [3.63, 3.8) is 0 Å². The lowest BCUT2D eigenvalue weighted by Crippen LogP contribution is -2.42. The van der Waals surface area contributed by atoms with Gasteiger partial charge >= 0.3 is 5.97 Å². The van der Waals surface area contributed by atoms with Crippen LogP contribution in [0.3, 0.4) is 0 Å². The number of rotatable bonds is 5. The fraction of sp³-hybridized carbons (Fsp3) is 0.300. The zero-order valence-corrected chi connectivity index (χ0v) is 16.9. The normalized spacial score (nSPS) is 16.7. The molecule has 28 heavy (non-hydrogen) atoms. The third-order valence-corrected chi connectivity index (χ3v) is 5.40. The van der Waals surface area contributed by atoms with E-state index in [1.165, 1.54) is 6.92 Å². The molecule has 3 rings (SSSR count). The smallest absolute Gasteiger partial charge is 0.329 e. The molecule has 1 aliphatic rings. The van der Waals surface area contributed by atoms with E-state index in [4.69, 9.17) is 4.74 Å². The van der Waals surface area contributed by atoms with Gasteiger partial charge in [0, 0.05) is 29.5 Å². The van der Waals surface area contributed by atoms with E-state index in [0.29, 0.717) is 0 Å². The van der Waals surface area contributed by atoms with Gasteiger partial charge in [0.05, 0.1) is 11.5 Å². The fourth-order valence-electron chi connectivity index (χ4n) is 3.15. The number of aromatic nitrogens is 2. The predicted octanol–water partition coefficient (Wildman–Crippen LogP) is 3.48. The molecule has 0 radical (unpaired) electrons. The second-order valence-corrected chi connectivity index (χ2v) is 7.34. The first kappa shape index (κ1) is 19.9. The molecule has 0 saturated carbocycles. The number of ether oxygens (including phenoxy) is 1. The van der Waals surface area contributed by atoms with Gasteiger partial charge in [0.15, 0.2) is 0 Å². The minimum absolute atomic E-state index is 0.191. The van der Waals surface area contributed by atoms with Gasteiger partial charge in [0.25, 0.3) is 11.1 Å². The molecule has 146 valence electrons. The molecule has 2 aromatic rings. The number of esters is 1. The Balaban J connectivity index is 1.92. The van der Waals surface area contributed by atoms with E-state index in [-0.39, 0.29) is 11.5 Å². The standard InChI is InChI=1S/C20H21N3O4S/c1-5-27-19(25)14(4)23-18(24)17(28-20(23)26)11-15-10-12(2)22(13(15)3)16-6-8-21-9-7-16/h6-11,14H,5H2,1-4H3/b17-11-/t14-/m1/s1. The zero-order valence-electron chi connectivity index (χ0n) is 16.1. The van der Waals surface area contributed by atoms with Crippen molar-refractivity contribution in [2.45, 2.75) is 33.7 Å². The van der Waals surface area contributed by atoms with Crippen LogP contribution in [0.2, 0.25) is 0 Å². The van der Waals surface area contributed by atoms with Gasteiger partial charge in [-0.15, -0.1) is 0 Å². The minimum atomic E-state index is -0.956. The number of imide groups is 1. The van der Waals surface area contributed by atoms with Crippen LogP contribution in [-0.4, -0.2) is 44.2 Å². The molecule has 1 atom stereocenters. The second kappa shape index (κ2) is 8.02. The summed E-state index contributed by atoms with van der Waals surface area (Å²) >= 11 is 0.832. The molecule has 2 amide bonds. The lowest BCUT2D eigenvalue weighted by molar-refractivity contribution is -0.150. The van der Waals surface area contributed by atoms with Crippen molar-refractivity contribution in [2.75, 3.05) is 6.61 Å². The Morgan fingerprint density at radius 2 is 1.96 bits per heavy atom. The number of hydrogen-bond acceptors (Lipinski definition) is 6. The number of hydrogen-bond donors (Lipinski definition) is 0. The Morgan fingerprint density at radius 3 is 2.61 bits per heavy atom. The maximum absolute atomic E-state index is 12.7. The number of thioether (sulfide) groups is 1. The summed E-state index contributed by atoms with van der Waals surface area (Å²) in [4.78, 5) is 42.3. The molecule has 0 aromatic carbocycles. The lowest BCUT2D eigenvalue weighted by atomic mass is 10.2. The van der Waals surface area contributed by atoms with Gasteiger partial charge in [-0.05, 0) is 69.3 Å². The largest absolute Gasteiger partial charge is 0.464 e. The van der Waals surface area contributed by atoms with Gasteiger partial charge in [-0.25, -0.2) is 4.79 Å². The van der Waals surface area contributed by atoms with E-state index in [2.05, 4.69) is 9.55 Å². The first-order valence-corrected chi connectivity index (χ1v) is 9.69. The Morgan fingerprint density at radius 1 is 1.29 bits per heavy atom. The molecule has 2 aromatic heterocycles. The molecule has 0 unspecified atom stereocenters. The first-order valence-electron chi connectivity index (χ1n) is 8.88. The topological polar surface area (TPSA) is 81.5 Å². The molecular weight excluding hydrogens is 378 g/mol. The van der Waals surface area contributed by atoms with E-state index < -0.39 is 23.2 Å². The third kappa shape index (κ3) is 3.60. The van der Waals surface area contributed by atoms with Crippen LogP contribution < -0.4 is 0 Å². The highest BCUT2D eigenvalue weighted by Crippen LogP contribution is 2.35. The number of amides is 2. The highest BCUT2D eigenvalue weighted by Gasteiger charge is 2.41. The predicted molar refractivity (Wildman–Crippen MR) is 107 cm³/mol. The average molecular weight is 399 g/mol. The van der Waals surface area contributed by atoms with Crippen molar-refractivity contribution in [2.24, 2.45) is 0 Å². The zero-order chi connectivity index (χ0) is 20.4. The van der Waals surface area contributed by atoms with Gasteiger partial charge < -0.3 is 9.30 Å². The van der Waals surface area contributed by atoms with Crippen LogP contribution in [0.15, 0.2) is 35.5 Å². The van der Waals surface area contributed by atoms with Gasteiger partial charge in [-0.2, -0.15) is 0 Å². The molecular formula is C20H21N3O4S. The summed E-state index contributed by atoms with van der Waals surface area (Å²) in [6.45, 7) is 7.28. The van der Waals surface area contributed by atoms with Crippen molar-refractivity contribution in [1.82, 2.24) is 14.5 Å². The monoisotopic (exact) mass is 399 g/mol. The van der Waals surface area contributed by atoms with Crippen LogP contribution in [0.25, 0.3) is 11.8 Å². The van der Waals surface area contributed by atoms with Gasteiger partial charge in [-0.1, -0.05) is 0 Å². The number of nitrogens with zero attached hydrogens (tertiary/aromatic N) is 3. The summed E-state index contributed by atoms with van der Waals surface area (Å²) in [6.07, 6.45) is 5.13. The van der Waals surface area contributed by atoms with Crippen LogP contribution in [0, 0.1) is 13.8 Å². The number of aryl methyl sites for hydroxylation is 1. The average Bonchev–Trinajstić information content (AvgIpc) is 3.10. The maximum Gasteiger partial charge on any atom is 0.329 e. The van der Waals surface area contributed by atoms with Crippen LogP contribution in [0.4, 0.5) is 4.79 Å². The molecule has 1 fully saturated rings. The molecule has 0 spiro atoms. The van der Waals surface area contributed by atoms with Crippen molar-refractivity contribution in [3.8, 4) is 5.69 Å². The quantitative estimate of drug-likeness (QED) is 0.566.